The standard InChI is InChI=1S/C21H22N2O3/c24-20-19-4-2-1-3-16(19)9-11-23(20)18-7-5-17(6-8-18)22-12-10-21(15-22)25-13-14-26-21/h1-8H,9-15H2. The number of amides is 1. The Balaban J connectivity index is 1.34. The second-order valence-corrected chi connectivity index (χ2v) is 7.16. The van der Waals surface area contributed by atoms with Crippen LogP contribution in [0.4, 0.5) is 11.4 Å². The maximum Gasteiger partial charge on any atom is 0.258 e. The van der Waals surface area contributed by atoms with Crippen molar-refractivity contribution in [1.29, 1.82) is 0 Å². The van der Waals surface area contributed by atoms with Gasteiger partial charge in [-0.05, 0) is 42.3 Å². The van der Waals surface area contributed by atoms with Gasteiger partial charge in [-0.15, -0.1) is 0 Å². The summed E-state index contributed by atoms with van der Waals surface area (Å²) in [4.78, 5) is 17.0. The first-order chi connectivity index (χ1) is 12.7. The molecule has 2 saturated heterocycles. The molecule has 0 atom stereocenters. The average Bonchev–Trinajstić information content (AvgIpc) is 3.33. The number of anilines is 2. The molecule has 0 aliphatic carbocycles. The van der Waals surface area contributed by atoms with Crippen LogP contribution in [0.25, 0.3) is 0 Å². The van der Waals surface area contributed by atoms with E-state index >= 15 is 0 Å². The summed E-state index contributed by atoms with van der Waals surface area (Å²) < 4.78 is 11.6. The van der Waals surface area contributed by atoms with E-state index in [1.807, 2.05) is 41.3 Å². The Hall–Kier alpha value is -2.37. The van der Waals surface area contributed by atoms with E-state index in [4.69, 9.17) is 9.47 Å². The lowest BCUT2D eigenvalue weighted by Crippen LogP contribution is -2.37. The molecule has 0 bridgehead atoms. The molecule has 5 heteroatoms. The zero-order valence-electron chi connectivity index (χ0n) is 14.7. The third-order valence-electron chi connectivity index (χ3n) is 5.63. The van der Waals surface area contributed by atoms with Crippen LogP contribution < -0.4 is 9.80 Å². The van der Waals surface area contributed by atoms with Crippen LogP contribution in [0.1, 0.15) is 22.3 Å². The van der Waals surface area contributed by atoms with Gasteiger partial charge in [0.15, 0.2) is 5.79 Å². The first-order valence-electron chi connectivity index (χ1n) is 9.27. The van der Waals surface area contributed by atoms with E-state index in [2.05, 4.69) is 17.0 Å². The van der Waals surface area contributed by atoms with Crippen LogP contribution in [-0.4, -0.2) is 44.5 Å². The Morgan fingerprint density at radius 1 is 0.885 bits per heavy atom. The van der Waals surface area contributed by atoms with Gasteiger partial charge in [0.25, 0.3) is 5.91 Å². The Labute approximate surface area is 153 Å². The van der Waals surface area contributed by atoms with Gasteiger partial charge in [-0.2, -0.15) is 0 Å². The number of hydrogen-bond donors (Lipinski definition) is 0. The molecule has 2 aromatic carbocycles. The molecule has 0 radical (unpaired) electrons. The lowest BCUT2D eigenvalue weighted by atomic mass is 9.98. The summed E-state index contributed by atoms with van der Waals surface area (Å²) in [6.45, 7) is 3.79. The first kappa shape index (κ1) is 15.9. The normalized spacial score (nSPS) is 21.5. The minimum Gasteiger partial charge on any atom is -0.366 e. The van der Waals surface area contributed by atoms with Crippen molar-refractivity contribution in [3.05, 3.63) is 59.7 Å². The average molecular weight is 350 g/mol. The van der Waals surface area contributed by atoms with Crippen LogP contribution >= 0.6 is 0 Å². The van der Waals surface area contributed by atoms with E-state index in [-0.39, 0.29) is 5.91 Å². The zero-order chi connectivity index (χ0) is 17.6. The Morgan fingerprint density at radius 3 is 2.42 bits per heavy atom. The highest BCUT2D eigenvalue weighted by Gasteiger charge is 2.43. The highest BCUT2D eigenvalue weighted by Crippen LogP contribution is 2.34. The van der Waals surface area contributed by atoms with E-state index < -0.39 is 5.79 Å². The molecule has 1 spiro atoms. The van der Waals surface area contributed by atoms with Gasteiger partial charge in [-0.3, -0.25) is 4.79 Å². The van der Waals surface area contributed by atoms with Crippen LogP contribution in [0.15, 0.2) is 48.5 Å². The Morgan fingerprint density at radius 2 is 1.62 bits per heavy atom. The number of carbonyl (C=O) groups is 1. The molecule has 5 nitrogen and oxygen atoms in total. The molecule has 3 heterocycles. The van der Waals surface area contributed by atoms with E-state index in [1.54, 1.807) is 0 Å². The molecule has 0 saturated carbocycles. The molecular formula is C21H22N2O3. The van der Waals surface area contributed by atoms with Crippen molar-refractivity contribution >= 4 is 17.3 Å². The summed E-state index contributed by atoms with van der Waals surface area (Å²) in [6.07, 6.45) is 1.79. The third-order valence-corrected chi connectivity index (χ3v) is 5.63. The van der Waals surface area contributed by atoms with Gasteiger partial charge < -0.3 is 19.3 Å². The number of nitrogens with zero attached hydrogens (tertiary/aromatic N) is 2. The predicted octanol–water partition coefficient (Wildman–Crippen LogP) is 2.84. The molecule has 0 N–H and O–H groups in total. The quantitative estimate of drug-likeness (QED) is 0.835. The van der Waals surface area contributed by atoms with Crippen LogP contribution in [0.5, 0.6) is 0 Å². The SMILES string of the molecule is O=C1c2ccccc2CCN1c1ccc(N2CCC3(C2)OCCO3)cc1. The van der Waals surface area contributed by atoms with E-state index in [0.717, 1.165) is 55.0 Å². The molecular weight excluding hydrogens is 328 g/mol. The number of ether oxygens (including phenoxy) is 2. The van der Waals surface area contributed by atoms with E-state index in [1.165, 1.54) is 0 Å². The van der Waals surface area contributed by atoms with Crippen LogP contribution in [0, 0.1) is 0 Å². The first-order valence-corrected chi connectivity index (χ1v) is 9.27. The van der Waals surface area contributed by atoms with Gasteiger partial charge in [0.05, 0.1) is 19.8 Å². The Kier molecular flexibility index (Phi) is 3.72. The van der Waals surface area contributed by atoms with Crippen LogP contribution in [0.3, 0.4) is 0 Å². The van der Waals surface area contributed by atoms with Gasteiger partial charge in [-0.1, -0.05) is 18.2 Å². The second-order valence-electron chi connectivity index (χ2n) is 7.16. The minimum absolute atomic E-state index is 0.0903. The second kappa shape index (κ2) is 6.11. The fraction of sp³-hybridized carbons (Fsp3) is 0.381. The molecule has 0 aromatic heterocycles. The van der Waals surface area contributed by atoms with Crippen molar-refractivity contribution < 1.29 is 14.3 Å². The highest BCUT2D eigenvalue weighted by atomic mass is 16.7. The van der Waals surface area contributed by atoms with Gasteiger partial charge in [0, 0.05) is 36.4 Å². The van der Waals surface area contributed by atoms with Gasteiger partial charge >= 0.3 is 0 Å². The summed E-state index contributed by atoms with van der Waals surface area (Å²) in [7, 11) is 0. The molecule has 5 rings (SSSR count). The van der Waals surface area contributed by atoms with Crippen molar-refractivity contribution in [2.75, 3.05) is 42.6 Å². The van der Waals surface area contributed by atoms with Crippen molar-refractivity contribution in [2.24, 2.45) is 0 Å². The minimum atomic E-state index is -0.411. The topological polar surface area (TPSA) is 42.0 Å². The number of hydrogen-bond acceptors (Lipinski definition) is 4. The summed E-state index contributed by atoms with van der Waals surface area (Å²) in [5.74, 6) is -0.321. The van der Waals surface area contributed by atoms with Crippen molar-refractivity contribution in [3.63, 3.8) is 0 Å². The maximum atomic E-state index is 12.8. The maximum absolute atomic E-state index is 12.8. The fourth-order valence-electron chi connectivity index (χ4n) is 4.22. The van der Waals surface area contributed by atoms with Gasteiger partial charge in [0.1, 0.15) is 0 Å². The van der Waals surface area contributed by atoms with Gasteiger partial charge in [0.2, 0.25) is 0 Å². The molecule has 134 valence electrons. The number of fused-ring (bicyclic) bond motifs is 1. The molecule has 26 heavy (non-hydrogen) atoms. The summed E-state index contributed by atoms with van der Waals surface area (Å²) >= 11 is 0. The number of benzene rings is 2. The lowest BCUT2D eigenvalue weighted by molar-refractivity contribution is -0.137. The summed E-state index contributed by atoms with van der Waals surface area (Å²) in [5, 5.41) is 0. The monoisotopic (exact) mass is 350 g/mol. The lowest BCUT2D eigenvalue weighted by Gasteiger charge is -2.29. The predicted molar refractivity (Wildman–Crippen MR) is 99.7 cm³/mol. The Bertz CT molecular complexity index is 827. The van der Waals surface area contributed by atoms with Crippen LogP contribution in [-0.2, 0) is 15.9 Å². The molecule has 0 unspecified atom stereocenters. The number of rotatable bonds is 2. The molecule has 2 aromatic rings. The van der Waals surface area contributed by atoms with Gasteiger partial charge in [-0.25, -0.2) is 0 Å². The summed E-state index contributed by atoms with van der Waals surface area (Å²) in [5.41, 5.74) is 4.06. The van der Waals surface area contributed by atoms with Crippen LogP contribution in [0.2, 0.25) is 0 Å². The van der Waals surface area contributed by atoms with E-state index in [0.29, 0.717) is 13.2 Å². The third kappa shape index (κ3) is 2.59. The molecule has 3 aliphatic rings. The van der Waals surface area contributed by atoms with E-state index in [9.17, 15) is 4.79 Å². The number of carbonyl (C=O) groups excluding carboxylic acids is 1. The fourth-order valence-corrected chi connectivity index (χ4v) is 4.22. The summed E-state index contributed by atoms with van der Waals surface area (Å²) in [6, 6.07) is 16.2. The smallest absolute Gasteiger partial charge is 0.258 e. The largest absolute Gasteiger partial charge is 0.366 e. The van der Waals surface area contributed by atoms with Crippen molar-refractivity contribution in [3.8, 4) is 0 Å². The molecule has 1 amide bonds. The highest BCUT2D eigenvalue weighted by molar-refractivity contribution is 6.08. The zero-order valence-corrected chi connectivity index (χ0v) is 14.7. The molecule has 3 aliphatic heterocycles. The van der Waals surface area contributed by atoms with Crippen molar-refractivity contribution in [2.45, 2.75) is 18.6 Å². The molecule has 2 fully saturated rings. The van der Waals surface area contributed by atoms with Crippen molar-refractivity contribution in [1.82, 2.24) is 0 Å².